The van der Waals surface area contributed by atoms with Crippen LogP contribution in [0, 0.1) is 5.82 Å². The molecule has 0 saturated carbocycles. The second-order valence-corrected chi connectivity index (χ2v) is 7.37. The molecule has 7 heteroatoms. The highest BCUT2D eigenvalue weighted by molar-refractivity contribution is 7.13. The van der Waals surface area contributed by atoms with Crippen LogP contribution in [0.2, 0.25) is 0 Å². The van der Waals surface area contributed by atoms with E-state index in [1.807, 2.05) is 11.4 Å². The maximum atomic E-state index is 12.9. The van der Waals surface area contributed by atoms with Crippen LogP contribution >= 0.6 is 11.3 Å². The standard InChI is InChI=1S/C19H19FN4OS/c20-14-5-3-13(4-6-14)10-19(25)21-15-7-8-24(12-15)18-11-16(22-23-18)17-2-1-9-26-17/h1-6,9,11,15H,7-8,10,12H2,(H,21,25)(H,22,23)/t15-/m1/s1. The zero-order valence-corrected chi connectivity index (χ0v) is 14.9. The molecule has 1 atom stereocenters. The lowest BCUT2D eigenvalue weighted by Crippen LogP contribution is -2.38. The summed E-state index contributed by atoms with van der Waals surface area (Å²) in [6, 6.07) is 12.3. The van der Waals surface area contributed by atoms with Gasteiger partial charge >= 0.3 is 0 Å². The number of nitrogens with zero attached hydrogens (tertiary/aromatic N) is 2. The number of amides is 1. The third-order valence-electron chi connectivity index (χ3n) is 4.51. The van der Waals surface area contributed by atoms with Gasteiger partial charge in [0.25, 0.3) is 0 Å². The first-order valence-electron chi connectivity index (χ1n) is 8.55. The van der Waals surface area contributed by atoms with Crippen LogP contribution in [0.3, 0.4) is 0 Å². The number of aromatic amines is 1. The van der Waals surface area contributed by atoms with Crippen LogP contribution in [0.4, 0.5) is 10.2 Å². The summed E-state index contributed by atoms with van der Waals surface area (Å²) in [5.41, 5.74) is 1.82. The van der Waals surface area contributed by atoms with E-state index >= 15 is 0 Å². The van der Waals surface area contributed by atoms with Crippen LogP contribution in [0.1, 0.15) is 12.0 Å². The fraction of sp³-hybridized carbons (Fsp3) is 0.263. The Balaban J connectivity index is 1.32. The first-order valence-corrected chi connectivity index (χ1v) is 9.43. The van der Waals surface area contributed by atoms with E-state index in [-0.39, 0.29) is 24.2 Å². The number of thiophene rings is 1. The van der Waals surface area contributed by atoms with Gasteiger partial charge in [0, 0.05) is 25.2 Å². The van der Waals surface area contributed by atoms with Gasteiger partial charge in [-0.25, -0.2) is 4.39 Å². The lowest BCUT2D eigenvalue weighted by molar-refractivity contribution is -0.121. The van der Waals surface area contributed by atoms with Crippen molar-refractivity contribution >= 4 is 23.1 Å². The molecule has 2 aromatic heterocycles. The normalized spacial score (nSPS) is 16.8. The Morgan fingerprint density at radius 3 is 2.96 bits per heavy atom. The predicted octanol–water partition coefficient (Wildman–Crippen LogP) is 3.21. The molecule has 3 aromatic rings. The first-order chi connectivity index (χ1) is 12.7. The van der Waals surface area contributed by atoms with Crippen molar-refractivity contribution in [3.63, 3.8) is 0 Å². The molecular weight excluding hydrogens is 351 g/mol. The lowest BCUT2D eigenvalue weighted by Gasteiger charge is -2.16. The number of nitrogens with one attached hydrogen (secondary N) is 2. The molecule has 134 valence electrons. The maximum absolute atomic E-state index is 12.9. The molecule has 2 N–H and O–H groups in total. The highest BCUT2D eigenvalue weighted by Gasteiger charge is 2.25. The highest BCUT2D eigenvalue weighted by Crippen LogP contribution is 2.27. The molecule has 0 spiro atoms. The Labute approximate surface area is 154 Å². The molecule has 1 aliphatic heterocycles. The maximum Gasteiger partial charge on any atom is 0.224 e. The smallest absolute Gasteiger partial charge is 0.224 e. The van der Waals surface area contributed by atoms with E-state index in [4.69, 9.17) is 0 Å². The molecule has 0 radical (unpaired) electrons. The van der Waals surface area contributed by atoms with E-state index in [1.165, 1.54) is 12.1 Å². The fourth-order valence-corrected chi connectivity index (χ4v) is 3.88. The molecule has 3 heterocycles. The van der Waals surface area contributed by atoms with Crippen molar-refractivity contribution in [2.24, 2.45) is 0 Å². The van der Waals surface area contributed by atoms with Crippen LogP contribution in [0.25, 0.3) is 10.6 Å². The fourth-order valence-electron chi connectivity index (χ4n) is 3.18. The topological polar surface area (TPSA) is 61.0 Å². The molecule has 1 aromatic carbocycles. The Hall–Kier alpha value is -2.67. The first kappa shape index (κ1) is 16.8. The summed E-state index contributed by atoms with van der Waals surface area (Å²) < 4.78 is 12.9. The van der Waals surface area contributed by atoms with Crippen LogP contribution in [-0.4, -0.2) is 35.2 Å². The molecule has 1 amide bonds. The molecule has 4 rings (SSSR count). The van der Waals surface area contributed by atoms with Crippen molar-refractivity contribution < 1.29 is 9.18 Å². The van der Waals surface area contributed by atoms with E-state index in [2.05, 4.69) is 32.5 Å². The summed E-state index contributed by atoms with van der Waals surface area (Å²) in [7, 11) is 0. The van der Waals surface area contributed by atoms with Gasteiger partial charge < -0.3 is 10.2 Å². The van der Waals surface area contributed by atoms with Gasteiger partial charge in [0.05, 0.1) is 17.0 Å². The van der Waals surface area contributed by atoms with Crippen LogP contribution in [-0.2, 0) is 11.2 Å². The van der Waals surface area contributed by atoms with Crippen molar-refractivity contribution in [1.29, 1.82) is 0 Å². The van der Waals surface area contributed by atoms with E-state index in [0.717, 1.165) is 41.5 Å². The number of carbonyl (C=O) groups is 1. The minimum absolute atomic E-state index is 0.0373. The summed E-state index contributed by atoms with van der Waals surface area (Å²) >= 11 is 1.67. The minimum atomic E-state index is -0.290. The number of hydrogen-bond donors (Lipinski definition) is 2. The average Bonchev–Trinajstić information content (AvgIpc) is 3.37. The van der Waals surface area contributed by atoms with Crippen LogP contribution in [0.5, 0.6) is 0 Å². The molecule has 1 saturated heterocycles. The number of carbonyl (C=O) groups excluding carboxylic acids is 1. The monoisotopic (exact) mass is 370 g/mol. The highest BCUT2D eigenvalue weighted by atomic mass is 32.1. The summed E-state index contributed by atoms with van der Waals surface area (Å²) in [6.07, 6.45) is 1.15. The van der Waals surface area contributed by atoms with Gasteiger partial charge in [0.15, 0.2) is 5.82 Å². The van der Waals surface area contributed by atoms with Crippen LogP contribution < -0.4 is 10.2 Å². The molecule has 26 heavy (non-hydrogen) atoms. The van der Waals surface area contributed by atoms with E-state index < -0.39 is 0 Å². The van der Waals surface area contributed by atoms with E-state index in [9.17, 15) is 9.18 Å². The second kappa shape index (κ2) is 7.29. The van der Waals surface area contributed by atoms with Crippen molar-refractivity contribution in [3.05, 3.63) is 59.2 Å². The number of anilines is 1. The van der Waals surface area contributed by atoms with E-state index in [0.29, 0.717) is 0 Å². The SMILES string of the molecule is O=C(Cc1ccc(F)cc1)N[C@@H]1CCN(c2cc(-c3cccs3)[nH]n2)C1. The van der Waals surface area contributed by atoms with Gasteiger partial charge in [-0.1, -0.05) is 18.2 Å². The summed E-state index contributed by atoms with van der Waals surface area (Å²) in [5.74, 6) is 0.579. The van der Waals surface area contributed by atoms with Crippen molar-refractivity contribution in [2.75, 3.05) is 18.0 Å². The largest absolute Gasteiger partial charge is 0.353 e. The third kappa shape index (κ3) is 3.77. The number of hydrogen-bond acceptors (Lipinski definition) is 4. The second-order valence-electron chi connectivity index (χ2n) is 6.42. The number of H-pyrrole nitrogens is 1. The third-order valence-corrected chi connectivity index (χ3v) is 5.41. The van der Waals surface area contributed by atoms with Gasteiger partial charge in [-0.05, 0) is 35.6 Å². The lowest BCUT2D eigenvalue weighted by atomic mass is 10.1. The van der Waals surface area contributed by atoms with E-state index in [1.54, 1.807) is 23.5 Å². The van der Waals surface area contributed by atoms with Gasteiger partial charge in [0.1, 0.15) is 5.82 Å². The molecule has 0 unspecified atom stereocenters. The molecule has 5 nitrogen and oxygen atoms in total. The Morgan fingerprint density at radius 2 is 2.19 bits per heavy atom. The summed E-state index contributed by atoms with van der Waals surface area (Å²) in [4.78, 5) is 15.5. The molecule has 0 bridgehead atoms. The van der Waals surface area contributed by atoms with Crippen LogP contribution in [0.15, 0.2) is 47.8 Å². The van der Waals surface area contributed by atoms with Gasteiger partial charge in [-0.15, -0.1) is 11.3 Å². The molecule has 1 fully saturated rings. The Bertz CT molecular complexity index is 875. The molecule has 0 aliphatic carbocycles. The molecule has 1 aliphatic rings. The summed E-state index contributed by atoms with van der Waals surface area (Å²) in [5, 5.41) is 12.6. The number of halogens is 1. The average molecular weight is 370 g/mol. The predicted molar refractivity (Wildman–Crippen MR) is 101 cm³/mol. The molecular formula is C19H19FN4OS. The van der Waals surface area contributed by atoms with Crippen molar-refractivity contribution in [1.82, 2.24) is 15.5 Å². The van der Waals surface area contributed by atoms with Gasteiger partial charge in [0.2, 0.25) is 5.91 Å². The Kier molecular flexibility index (Phi) is 4.71. The van der Waals surface area contributed by atoms with Gasteiger partial charge in [-0.3, -0.25) is 9.89 Å². The number of benzene rings is 1. The zero-order chi connectivity index (χ0) is 17.9. The summed E-state index contributed by atoms with van der Waals surface area (Å²) in [6.45, 7) is 1.60. The van der Waals surface area contributed by atoms with Gasteiger partial charge in [-0.2, -0.15) is 5.10 Å². The quantitative estimate of drug-likeness (QED) is 0.725. The zero-order valence-electron chi connectivity index (χ0n) is 14.1. The minimum Gasteiger partial charge on any atom is -0.353 e. The van der Waals surface area contributed by atoms with Crippen molar-refractivity contribution in [2.45, 2.75) is 18.9 Å². The number of aromatic nitrogens is 2. The Morgan fingerprint density at radius 1 is 1.35 bits per heavy atom. The van der Waals surface area contributed by atoms with Crippen molar-refractivity contribution in [3.8, 4) is 10.6 Å². The number of rotatable bonds is 5.